The normalized spacial score (nSPS) is 40.1. The molecule has 11 atom stereocenters. The molecule has 12 heteroatoms. The van der Waals surface area contributed by atoms with Gasteiger partial charge < -0.3 is 40.6 Å². The second-order valence-corrected chi connectivity index (χ2v) is 15.1. The molecule has 0 radical (unpaired) electrons. The van der Waals surface area contributed by atoms with E-state index in [1.807, 2.05) is 12.2 Å². The van der Waals surface area contributed by atoms with Crippen molar-refractivity contribution in [1.82, 2.24) is 10.2 Å². The summed E-state index contributed by atoms with van der Waals surface area (Å²) in [7, 11) is 0. The van der Waals surface area contributed by atoms with Gasteiger partial charge in [-0.2, -0.15) is 0 Å². The molecule has 2 amide bonds. The number of nitrogens with one attached hydrogen (secondary N) is 1. The Balaban J connectivity index is 1.60. The third-order valence-electron chi connectivity index (χ3n) is 8.59. The molecule has 0 aromatic carbocycles. The Labute approximate surface area is 253 Å². The lowest BCUT2D eigenvalue weighted by molar-refractivity contribution is -0.205. The fourth-order valence-electron chi connectivity index (χ4n) is 6.69. The number of aliphatic hydroxyl groups is 3. The van der Waals surface area contributed by atoms with Crippen LogP contribution in [0.15, 0.2) is 12.2 Å². The number of likely N-dealkylation sites (tertiary alicyclic amines) is 1. The molecular weight excluding hydrogens is 562 g/mol. The van der Waals surface area contributed by atoms with Crippen LogP contribution in [0, 0.1) is 17.8 Å². The van der Waals surface area contributed by atoms with Crippen molar-refractivity contribution in [2.75, 3.05) is 19.7 Å². The zero-order valence-electron chi connectivity index (χ0n) is 25.6. The van der Waals surface area contributed by atoms with Gasteiger partial charge in [0.1, 0.15) is 41.5 Å². The van der Waals surface area contributed by atoms with Gasteiger partial charge in [-0.25, -0.2) is 4.79 Å². The van der Waals surface area contributed by atoms with Gasteiger partial charge in [-0.1, -0.05) is 26.0 Å². The summed E-state index contributed by atoms with van der Waals surface area (Å²) in [5, 5.41) is 35.3. The highest BCUT2D eigenvalue weighted by Gasteiger charge is 2.53. The van der Waals surface area contributed by atoms with Gasteiger partial charge in [0.25, 0.3) is 0 Å². The van der Waals surface area contributed by atoms with Crippen LogP contribution < -0.4 is 11.1 Å². The molecule has 4 heterocycles. The Hall–Kier alpha value is -1.41. The van der Waals surface area contributed by atoms with E-state index in [1.54, 1.807) is 20.8 Å². The van der Waals surface area contributed by atoms with Crippen molar-refractivity contribution < 1.29 is 39.1 Å². The number of fused-ring (bicyclic) bond motifs is 3. The predicted molar refractivity (Wildman–Crippen MR) is 160 cm³/mol. The molecule has 3 saturated heterocycles. The van der Waals surface area contributed by atoms with Gasteiger partial charge in [0.15, 0.2) is 0 Å². The number of amides is 2. The van der Waals surface area contributed by atoms with E-state index in [1.165, 1.54) is 16.7 Å². The van der Waals surface area contributed by atoms with E-state index in [0.29, 0.717) is 44.4 Å². The molecule has 0 aliphatic carbocycles. The van der Waals surface area contributed by atoms with Crippen molar-refractivity contribution in [2.24, 2.45) is 23.5 Å². The molecule has 0 aromatic heterocycles. The summed E-state index contributed by atoms with van der Waals surface area (Å²) in [4.78, 5) is 29.1. The van der Waals surface area contributed by atoms with Crippen molar-refractivity contribution in [1.29, 1.82) is 0 Å². The molecule has 4 aliphatic rings. The topological polar surface area (TPSA) is 164 Å². The van der Waals surface area contributed by atoms with Crippen LogP contribution in [0.25, 0.3) is 0 Å². The van der Waals surface area contributed by atoms with Gasteiger partial charge in [-0.05, 0) is 64.7 Å². The van der Waals surface area contributed by atoms with Crippen LogP contribution in [0.2, 0.25) is 0 Å². The molecule has 240 valence electrons. The van der Waals surface area contributed by atoms with Gasteiger partial charge in [-0.3, -0.25) is 9.69 Å². The molecule has 3 fully saturated rings. The first-order valence-corrected chi connectivity index (χ1v) is 16.3. The van der Waals surface area contributed by atoms with Gasteiger partial charge in [0, 0.05) is 30.9 Å². The fourth-order valence-corrected chi connectivity index (χ4v) is 7.91. The molecule has 2 bridgehead atoms. The van der Waals surface area contributed by atoms with Crippen molar-refractivity contribution in [3.05, 3.63) is 12.2 Å². The number of hydrogen-bond acceptors (Lipinski definition) is 10. The number of carbonyl (C=O) groups is 2. The van der Waals surface area contributed by atoms with Gasteiger partial charge >= 0.3 is 6.09 Å². The highest BCUT2D eigenvalue weighted by atomic mass is 32.2. The van der Waals surface area contributed by atoms with E-state index >= 15 is 0 Å². The number of ether oxygens (including phenoxy) is 3. The Morgan fingerprint density at radius 2 is 1.83 bits per heavy atom. The van der Waals surface area contributed by atoms with Gasteiger partial charge in [0.2, 0.25) is 5.91 Å². The van der Waals surface area contributed by atoms with E-state index in [2.05, 4.69) is 19.2 Å². The maximum Gasteiger partial charge on any atom is 0.411 e. The average molecular weight is 614 g/mol. The lowest BCUT2D eigenvalue weighted by atomic mass is 9.85. The molecule has 6 N–H and O–H groups in total. The lowest BCUT2D eigenvalue weighted by Crippen LogP contribution is -2.64. The highest BCUT2D eigenvalue weighted by Crippen LogP contribution is 2.39. The Morgan fingerprint density at radius 3 is 2.50 bits per heavy atom. The third-order valence-corrected chi connectivity index (χ3v) is 10.0. The molecule has 11 nitrogen and oxygen atoms in total. The summed E-state index contributed by atoms with van der Waals surface area (Å²) in [6, 6.07) is -1.66. The Bertz CT molecular complexity index is 961. The first-order chi connectivity index (χ1) is 19.8. The van der Waals surface area contributed by atoms with Crippen molar-refractivity contribution in [3.63, 3.8) is 0 Å². The minimum absolute atomic E-state index is 0.0223. The number of carbonyl (C=O) groups excluding carboxylic acids is 2. The lowest BCUT2D eigenvalue weighted by Gasteiger charge is -2.44. The summed E-state index contributed by atoms with van der Waals surface area (Å²) in [5.41, 5.74) is 4.34. The van der Waals surface area contributed by atoms with E-state index in [-0.39, 0.29) is 11.2 Å². The number of aliphatic hydroxyl groups excluding tert-OH is 3. The largest absolute Gasteiger partial charge is 0.444 e. The molecule has 42 heavy (non-hydrogen) atoms. The number of allylic oxidation sites excluding steroid dienone is 1. The summed E-state index contributed by atoms with van der Waals surface area (Å²) in [5.74, 6) is 0.529. The van der Waals surface area contributed by atoms with E-state index in [4.69, 9.17) is 19.9 Å². The first-order valence-electron chi connectivity index (χ1n) is 15.4. The molecule has 4 rings (SSSR count). The van der Waals surface area contributed by atoms with Crippen LogP contribution >= 0.6 is 11.8 Å². The monoisotopic (exact) mass is 613 g/mol. The molecular formula is C30H51N3O8S. The van der Waals surface area contributed by atoms with Crippen LogP contribution in [-0.4, -0.2) is 111 Å². The van der Waals surface area contributed by atoms with Gasteiger partial charge in [0.05, 0.1) is 12.1 Å². The minimum Gasteiger partial charge on any atom is -0.444 e. The minimum atomic E-state index is -1.46. The van der Waals surface area contributed by atoms with Crippen LogP contribution in [0.1, 0.15) is 66.7 Å². The van der Waals surface area contributed by atoms with Crippen LogP contribution in [0.4, 0.5) is 4.79 Å². The quantitative estimate of drug-likeness (QED) is 0.289. The Morgan fingerprint density at radius 1 is 1.12 bits per heavy atom. The molecule has 0 spiro atoms. The van der Waals surface area contributed by atoms with Crippen LogP contribution in [0.3, 0.4) is 0 Å². The number of nitrogens with zero attached hydrogens (tertiary/aromatic N) is 1. The zero-order valence-corrected chi connectivity index (χ0v) is 26.4. The number of thioether (sulfide) groups is 1. The van der Waals surface area contributed by atoms with Gasteiger partial charge in [-0.15, -0.1) is 11.8 Å². The summed E-state index contributed by atoms with van der Waals surface area (Å²) in [6.07, 6.45) is 1.37. The zero-order chi connectivity index (χ0) is 30.8. The first kappa shape index (κ1) is 33.5. The van der Waals surface area contributed by atoms with Crippen molar-refractivity contribution >= 4 is 23.8 Å². The maximum atomic E-state index is 14.1. The average Bonchev–Trinajstić information content (AvgIpc) is 3.15. The second-order valence-electron chi connectivity index (χ2n) is 13.7. The fraction of sp³-hybridized carbons (Fsp3) is 0.867. The predicted octanol–water partition coefficient (Wildman–Crippen LogP) is 1.77. The molecule has 4 aliphatic heterocycles. The van der Waals surface area contributed by atoms with E-state index < -0.39 is 65.6 Å². The van der Waals surface area contributed by atoms with Crippen LogP contribution in [-0.2, 0) is 19.0 Å². The Kier molecular flexibility index (Phi) is 11.3. The summed E-state index contributed by atoms with van der Waals surface area (Å²) >= 11 is 1.31. The second kappa shape index (κ2) is 14.1. The number of nitrogens with two attached hydrogens (primary N) is 1. The standard InChI is InChI=1S/C30H51N3O8S/c1-16(2)12-17-10-11-39-25-18(13-17)15-33(29(38)41-30(3,4)5)21(25)27(37)32-20-9-7-6-8-19(14-31)42-28-24(36)22(34)23(35)26(20)40-28/h6-7,16-26,28,34-36H,8-15,31H2,1-5H3,(H,32,37)/b7-6-/t17-,18-,19-,20+,21-,22-,23+,24+,25+,26+,28+/m0/s1. The number of hydrogen-bond donors (Lipinski definition) is 5. The maximum absolute atomic E-state index is 14.1. The smallest absolute Gasteiger partial charge is 0.411 e. The van der Waals surface area contributed by atoms with Crippen molar-refractivity contribution in [3.8, 4) is 0 Å². The summed E-state index contributed by atoms with van der Waals surface area (Å²) < 4.78 is 18.2. The molecule has 0 saturated carbocycles. The molecule has 0 unspecified atom stereocenters. The van der Waals surface area contributed by atoms with Crippen LogP contribution in [0.5, 0.6) is 0 Å². The highest BCUT2D eigenvalue weighted by molar-refractivity contribution is 8.00. The van der Waals surface area contributed by atoms with E-state index in [0.717, 1.165) is 19.3 Å². The number of rotatable bonds is 5. The molecule has 0 aromatic rings. The van der Waals surface area contributed by atoms with E-state index in [9.17, 15) is 24.9 Å². The van der Waals surface area contributed by atoms with Crippen molar-refractivity contribution in [2.45, 2.75) is 126 Å². The third kappa shape index (κ3) is 7.99. The SMILES string of the molecule is CC(C)C[C@@H]1CCO[C@@H]2[C@@H](C1)CN(C(=O)OC(C)(C)C)[C@@H]2C(=O)N[C@@H]1C/C=C\C[C@@H](CN)S[C@H]2O[C@H]1[C@H](O)[C@H](O)[C@H]2O. The summed E-state index contributed by atoms with van der Waals surface area (Å²) in [6.45, 7) is 11.0.